The van der Waals surface area contributed by atoms with Gasteiger partial charge in [-0.05, 0) is 42.0 Å². The predicted octanol–water partition coefficient (Wildman–Crippen LogP) is 5.65. The van der Waals surface area contributed by atoms with Crippen molar-refractivity contribution in [1.29, 1.82) is 0 Å². The monoisotopic (exact) mass is 476 g/mol. The average Bonchev–Trinajstić information content (AvgIpc) is 3.32. The molecule has 0 bridgehead atoms. The number of rotatable bonds is 12. The first-order chi connectivity index (χ1) is 16.4. The topological polar surface area (TPSA) is 78.4 Å². The summed E-state index contributed by atoms with van der Waals surface area (Å²) in [5.41, 5.74) is 3.20. The lowest BCUT2D eigenvalue weighted by atomic mass is 9.90. The average molecular weight is 477 g/mol. The van der Waals surface area contributed by atoms with Gasteiger partial charge < -0.3 is 15.7 Å². The molecule has 178 valence electrons. The molecule has 5 nitrogen and oxygen atoms in total. The first kappa shape index (κ1) is 25.2. The molecule has 0 saturated carbocycles. The summed E-state index contributed by atoms with van der Waals surface area (Å²) in [6.45, 7) is 8.67. The molecule has 3 N–H and O–H groups in total. The van der Waals surface area contributed by atoms with Crippen LogP contribution in [0.2, 0.25) is 0 Å². The highest BCUT2D eigenvalue weighted by atomic mass is 32.1. The van der Waals surface area contributed by atoms with Gasteiger partial charge in [0.15, 0.2) is 0 Å². The molecular weight excluding hydrogens is 444 g/mol. The zero-order valence-electron chi connectivity index (χ0n) is 19.7. The van der Waals surface area contributed by atoms with Gasteiger partial charge in [0.2, 0.25) is 0 Å². The lowest BCUT2D eigenvalue weighted by Crippen LogP contribution is -2.40. The van der Waals surface area contributed by atoms with Crippen LogP contribution in [0.5, 0.6) is 0 Å². The van der Waals surface area contributed by atoms with E-state index in [1.807, 2.05) is 56.3 Å². The van der Waals surface area contributed by atoms with Gasteiger partial charge in [-0.15, -0.1) is 11.3 Å². The Labute approximate surface area is 205 Å². The Bertz CT molecular complexity index is 1050. The number of hydrogen-bond acceptors (Lipinski definition) is 4. The van der Waals surface area contributed by atoms with Crippen LogP contribution in [0, 0.1) is 5.92 Å². The quantitative estimate of drug-likeness (QED) is 0.295. The van der Waals surface area contributed by atoms with Crippen LogP contribution in [0.15, 0.2) is 85.1 Å². The molecule has 0 aliphatic heterocycles. The number of benzene rings is 2. The van der Waals surface area contributed by atoms with E-state index in [0.717, 1.165) is 21.7 Å². The largest absolute Gasteiger partial charge is 0.480 e. The molecule has 2 aromatic carbocycles. The fourth-order valence-corrected chi connectivity index (χ4v) is 4.76. The highest BCUT2D eigenvalue weighted by Crippen LogP contribution is 2.36. The Morgan fingerprint density at radius 1 is 0.941 bits per heavy atom. The molecule has 3 rings (SSSR count). The maximum Gasteiger partial charge on any atom is 0.326 e. The number of carboxylic acid groups (broad SMARTS) is 1. The summed E-state index contributed by atoms with van der Waals surface area (Å²) in [5.74, 6) is -1.06. The van der Waals surface area contributed by atoms with Gasteiger partial charge in [-0.1, -0.05) is 81.1 Å². The molecule has 0 radical (unpaired) electrons. The number of thiophene rings is 1. The molecular formula is C28H32N2O3S. The standard InChI is InChI=1S/C28H32N2O3S/c1-19(2)20(3)29-18-10-15-23(28(32)33)30-27(31)25-17-16-24(34-25)26(21-11-6-4-7-12-21)22-13-8-5-9-14-22/h4-9,11-14,16-17,19,23,26,29H,3,10,15,18H2,1-2H3,(H,30,31)(H,32,33). The summed E-state index contributed by atoms with van der Waals surface area (Å²) >= 11 is 1.40. The minimum absolute atomic E-state index is 0.00403. The van der Waals surface area contributed by atoms with Crippen molar-refractivity contribution in [3.8, 4) is 0 Å². The predicted molar refractivity (Wildman–Crippen MR) is 138 cm³/mol. The second kappa shape index (κ2) is 12.2. The third-order valence-electron chi connectivity index (χ3n) is 5.72. The molecule has 1 amide bonds. The molecule has 6 heteroatoms. The third kappa shape index (κ3) is 6.81. The van der Waals surface area contributed by atoms with Crippen molar-refractivity contribution in [3.63, 3.8) is 0 Å². The first-order valence-electron chi connectivity index (χ1n) is 11.5. The van der Waals surface area contributed by atoms with Crippen molar-refractivity contribution >= 4 is 23.2 Å². The van der Waals surface area contributed by atoms with Crippen LogP contribution in [0.4, 0.5) is 0 Å². The van der Waals surface area contributed by atoms with E-state index in [1.54, 1.807) is 6.07 Å². The number of carbonyl (C=O) groups is 2. The fraction of sp³-hybridized carbons (Fsp3) is 0.286. The van der Waals surface area contributed by atoms with Gasteiger partial charge in [0.05, 0.1) is 4.88 Å². The van der Waals surface area contributed by atoms with E-state index in [9.17, 15) is 14.7 Å². The number of carbonyl (C=O) groups excluding carboxylic acids is 1. The molecule has 1 heterocycles. The number of amides is 1. The summed E-state index contributed by atoms with van der Waals surface area (Å²) in [6.07, 6.45) is 0.955. The maximum atomic E-state index is 12.9. The van der Waals surface area contributed by atoms with Gasteiger partial charge in [0.1, 0.15) is 6.04 Å². The van der Waals surface area contributed by atoms with Crippen molar-refractivity contribution in [2.45, 2.75) is 38.6 Å². The van der Waals surface area contributed by atoms with Gasteiger partial charge >= 0.3 is 5.97 Å². The third-order valence-corrected chi connectivity index (χ3v) is 6.87. The van der Waals surface area contributed by atoms with Crippen molar-refractivity contribution in [3.05, 3.63) is 106 Å². The Morgan fingerprint density at radius 2 is 1.53 bits per heavy atom. The van der Waals surface area contributed by atoms with Crippen LogP contribution in [-0.2, 0) is 4.79 Å². The summed E-state index contributed by atoms with van der Waals surface area (Å²) in [4.78, 5) is 26.2. The maximum absolute atomic E-state index is 12.9. The van der Waals surface area contributed by atoms with Crippen LogP contribution in [0.3, 0.4) is 0 Å². The van der Waals surface area contributed by atoms with Crippen molar-refractivity contribution in [2.75, 3.05) is 6.54 Å². The number of aliphatic carboxylic acids is 1. The number of allylic oxidation sites excluding steroid dienone is 1. The Kier molecular flexibility index (Phi) is 9.05. The molecule has 0 aliphatic rings. The Balaban J connectivity index is 1.70. The van der Waals surface area contributed by atoms with Gasteiger partial charge in [0, 0.05) is 23.0 Å². The van der Waals surface area contributed by atoms with E-state index in [0.29, 0.717) is 30.2 Å². The molecule has 0 saturated heterocycles. The smallest absolute Gasteiger partial charge is 0.326 e. The van der Waals surface area contributed by atoms with Gasteiger partial charge in [0.25, 0.3) is 5.91 Å². The minimum atomic E-state index is -1.03. The van der Waals surface area contributed by atoms with Gasteiger partial charge in [-0.3, -0.25) is 4.79 Å². The summed E-state index contributed by atoms with van der Waals surface area (Å²) < 4.78 is 0. The SMILES string of the molecule is C=C(NCCCC(NC(=O)c1ccc(C(c2ccccc2)c2ccccc2)s1)C(=O)O)C(C)C. The normalized spacial score (nSPS) is 11.9. The number of carboxylic acids is 1. The van der Waals surface area contributed by atoms with Crippen molar-refractivity contribution in [1.82, 2.24) is 10.6 Å². The number of hydrogen-bond donors (Lipinski definition) is 3. The van der Waals surface area contributed by atoms with E-state index >= 15 is 0 Å². The van der Waals surface area contributed by atoms with Crippen LogP contribution >= 0.6 is 11.3 Å². The van der Waals surface area contributed by atoms with E-state index < -0.39 is 12.0 Å². The zero-order valence-corrected chi connectivity index (χ0v) is 20.5. The molecule has 3 aromatic rings. The molecule has 1 aromatic heterocycles. The van der Waals surface area contributed by atoms with Crippen molar-refractivity contribution in [2.24, 2.45) is 5.92 Å². The first-order valence-corrected chi connectivity index (χ1v) is 12.3. The summed E-state index contributed by atoms with van der Waals surface area (Å²) in [6, 6.07) is 23.1. The molecule has 0 aliphatic carbocycles. The lowest BCUT2D eigenvalue weighted by molar-refractivity contribution is -0.139. The highest BCUT2D eigenvalue weighted by Gasteiger charge is 2.23. The fourth-order valence-electron chi connectivity index (χ4n) is 3.69. The Morgan fingerprint density at radius 3 is 2.06 bits per heavy atom. The summed E-state index contributed by atoms with van der Waals surface area (Å²) in [7, 11) is 0. The van der Waals surface area contributed by atoms with Crippen LogP contribution < -0.4 is 10.6 Å². The Hall–Kier alpha value is -3.38. The van der Waals surface area contributed by atoms with Crippen LogP contribution in [0.1, 0.15) is 58.3 Å². The van der Waals surface area contributed by atoms with Gasteiger partial charge in [-0.2, -0.15) is 0 Å². The summed E-state index contributed by atoms with van der Waals surface area (Å²) in [5, 5.41) is 15.5. The van der Waals surface area contributed by atoms with E-state index in [4.69, 9.17) is 0 Å². The second-order valence-corrected chi connectivity index (χ2v) is 9.68. The van der Waals surface area contributed by atoms with Crippen molar-refractivity contribution < 1.29 is 14.7 Å². The van der Waals surface area contributed by atoms with Gasteiger partial charge in [-0.25, -0.2) is 4.79 Å². The van der Waals surface area contributed by atoms with Crippen LogP contribution in [0.25, 0.3) is 0 Å². The molecule has 34 heavy (non-hydrogen) atoms. The zero-order chi connectivity index (χ0) is 24.5. The molecule has 0 fully saturated rings. The lowest BCUT2D eigenvalue weighted by Gasteiger charge is -2.17. The van der Waals surface area contributed by atoms with E-state index in [1.165, 1.54) is 11.3 Å². The minimum Gasteiger partial charge on any atom is -0.480 e. The van der Waals surface area contributed by atoms with E-state index in [2.05, 4.69) is 41.5 Å². The highest BCUT2D eigenvalue weighted by molar-refractivity contribution is 7.14. The molecule has 0 spiro atoms. The van der Waals surface area contributed by atoms with Crippen LogP contribution in [-0.4, -0.2) is 29.6 Å². The molecule has 1 unspecified atom stereocenters. The second-order valence-electron chi connectivity index (χ2n) is 8.57. The number of nitrogens with one attached hydrogen (secondary N) is 2. The van der Waals surface area contributed by atoms with E-state index in [-0.39, 0.29) is 11.8 Å². The molecule has 1 atom stereocenters.